The molecule has 0 bridgehead atoms. The molecule has 0 amide bonds. The van der Waals surface area contributed by atoms with Gasteiger partial charge in [-0.2, -0.15) is 0 Å². The molecule has 20 heavy (non-hydrogen) atoms. The number of aliphatic hydroxyl groups excluding tert-OH is 1. The highest BCUT2D eigenvalue weighted by molar-refractivity contribution is 7.92. The lowest BCUT2D eigenvalue weighted by molar-refractivity contribution is -0.141. The molecule has 4 nitrogen and oxygen atoms in total. The monoisotopic (exact) mass is 316 g/mol. The van der Waals surface area contributed by atoms with Gasteiger partial charge in [-0.25, -0.2) is 0 Å². The SMILES string of the molecule is CCC[C@H](O)/C=C/[C@@H]1[C@H]2CC(=O)O[C@H]2C[C@H]1OB(P)P. The highest BCUT2D eigenvalue weighted by atomic mass is 31.1. The Morgan fingerprint density at radius 1 is 1.60 bits per heavy atom. The molecular weight excluding hydrogens is 293 g/mol. The average molecular weight is 316 g/mol. The number of hydrogen-bond donors (Lipinski definition) is 1. The van der Waals surface area contributed by atoms with Crippen LogP contribution in [0.2, 0.25) is 0 Å². The first kappa shape index (κ1) is 16.4. The van der Waals surface area contributed by atoms with Crippen molar-refractivity contribution in [3.63, 3.8) is 0 Å². The number of carbonyl (C=O) groups is 1. The van der Waals surface area contributed by atoms with Gasteiger partial charge in [0.2, 0.25) is 0 Å². The number of fused-ring (bicyclic) bond motifs is 1. The van der Waals surface area contributed by atoms with Crippen LogP contribution in [0.4, 0.5) is 0 Å². The minimum atomic E-state index is -0.416. The first-order valence-electron chi connectivity index (χ1n) is 7.23. The number of ether oxygens (including phenoxy) is 1. The maximum atomic E-state index is 11.4. The molecule has 0 aromatic rings. The molecule has 1 aliphatic carbocycles. The summed E-state index contributed by atoms with van der Waals surface area (Å²) in [5, 5.41) is 9.84. The highest BCUT2D eigenvalue weighted by Crippen LogP contribution is 2.44. The Bertz CT molecular complexity index is 377. The van der Waals surface area contributed by atoms with Crippen LogP contribution in [0.3, 0.4) is 0 Å². The lowest BCUT2D eigenvalue weighted by Gasteiger charge is -2.22. The zero-order valence-electron chi connectivity index (χ0n) is 11.8. The van der Waals surface area contributed by atoms with Gasteiger partial charge in [-0.15, -0.1) is 18.2 Å². The smallest absolute Gasteiger partial charge is 0.336 e. The van der Waals surface area contributed by atoms with Gasteiger partial charge in [0.25, 0.3) is 0 Å². The van der Waals surface area contributed by atoms with Crippen LogP contribution in [-0.4, -0.2) is 35.7 Å². The molecule has 1 saturated carbocycles. The van der Waals surface area contributed by atoms with E-state index in [1.54, 1.807) is 0 Å². The number of rotatable bonds is 6. The van der Waals surface area contributed by atoms with Gasteiger partial charge in [0.05, 0.1) is 18.6 Å². The molecule has 7 atom stereocenters. The van der Waals surface area contributed by atoms with Gasteiger partial charge in [0, 0.05) is 18.3 Å². The van der Waals surface area contributed by atoms with Crippen LogP contribution < -0.4 is 0 Å². The average Bonchev–Trinajstić information content (AvgIpc) is 2.82. The molecule has 1 saturated heterocycles. The van der Waals surface area contributed by atoms with Gasteiger partial charge in [-0.3, -0.25) is 4.79 Å². The van der Waals surface area contributed by atoms with Crippen molar-refractivity contribution in [2.24, 2.45) is 11.8 Å². The van der Waals surface area contributed by atoms with E-state index in [1.807, 2.05) is 19.1 Å². The summed E-state index contributed by atoms with van der Waals surface area (Å²) in [6.07, 6.45) is 6.37. The molecule has 1 N–H and O–H groups in total. The first-order valence-corrected chi connectivity index (χ1v) is 8.57. The topological polar surface area (TPSA) is 55.8 Å². The standard InChI is InChI=1S/C13H23BO4P2/c1-2-3-8(15)4-5-9-10-6-13(16)17-11(10)7-12(9)18-14(19)20/h4-5,8-12,15H,2-3,6-7,19-20H2,1H3/b5-4+/t8-,9+,10+,11-,12+/m0/s1. The van der Waals surface area contributed by atoms with Crippen molar-refractivity contribution in [3.05, 3.63) is 12.2 Å². The summed E-state index contributed by atoms with van der Waals surface area (Å²) in [4.78, 5) is 11.4. The van der Waals surface area contributed by atoms with E-state index in [-0.39, 0.29) is 36.4 Å². The zero-order valence-corrected chi connectivity index (χ0v) is 14.1. The molecular formula is C13H23BO4P2. The van der Waals surface area contributed by atoms with Crippen molar-refractivity contribution < 1.29 is 19.3 Å². The summed E-state index contributed by atoms with van der Waals surface area (Å²) < 4.78 is 11.2. The number of carbonyl (C=O) groups excluding carboxylic acids is 1. The largest absolute Gasteiger partial charge is 0.462 e. The van der Waals surface area contributed by atoms with Gasteiger partial charge in [-0.1, -0.05) is 25.5 Å². The minimum absolute atomic E-state index is 0.00834. The third-order valence-electron chi connectivity index (χ3n) is 4.02. The van der Waals surface area contributed by atoms with E-state index in [9.17, 15) is 9.90 Å². The van der Waals surface area contributed by atoms with Crippen LogP contribution in [0.1, 0.15) is 32.6 Å². The van der Waals surface area contributed by atoms with Crippen molar-refractivity contribution in [1.29, 1.82) is 0 Å². The van der Waals surface area contributed by atoms with Crippen LogP contribution in [-0.2, 0) is 14.2 Å². The van der Waals surface area contributed by atoms with Crippen LogP contribution in [0, 0.1) is 11.8 Å². The zero-order chi connectivity index (χ0) is 14.7. The van der Waals surface area contributed by atoms with Gasteiger partial charge >= 0.3 is 12.3 Å². The predicted molar refractivity (Wildman–Crippen MR) is 86.2 cm³/mol. The Morgan fingerprint density at radius 3 is 3.00 bits per heavy atom. The maximum Gasteiger partial charge on any atom is 0.336 e. The Labute approximate surface area is 125 Å². The summed E-state index contributed by atoms with van der Waals surface area (Å²) in [5.41, 5.74) is 0. The third kappa shape index (κ3) is 4.04. The summed E-state index contributed by atoms with van der Waals surface area (Å²) in [6, 6.07) is 0. The van der Waals surface area contributed by atoms with E-state index in [2.05, 4.69) is 18.2 Å². The van der Waals surface area contributed by atoms with Crippen LogP contribution in [0.15, 0.2) is 12.2 Å². The number of aliphatic hydroxyl groups is 1. The fraction of sp³-hybridized carbons (Fsp3) is 0.769. The molecule has 2 fully saturated rings. The van der Waals surface area contributed by atoms with E-state index in [1.165, 1.54) is 0 Å². The van der Waals surface area contributed by atoms with Gasteiger partial charge in [0.1, 0.15) is 6.10 Å². The van der Waals surface area contributed by atoms with E-state index < -0.39 is 6.10 Å². The second kappa shape index (κ2) is 7.36. The Balaban J connectivity index is 2.05. The summed E-state index contributed by atoms with van der Waals surface area (Å²) >= 11 is 0. The fourth-order valence-electron chi connectivity index (χ4n) is 3.16. The minimum Gasteiger partial charge on any atom is -0.462 e. The molecule has 2 unspecified atom stereocenters. The molecule has 0 radical (unpaired) electrons. The van der Waals surface area contributed by atoms with Crippen molar-refractivity contribution in [3.8, 4) is 0 Å². The maximum absolute atomic E-state index is 11.4. The molecule has 0 aromatic carbocycles. The normalized spacial score (nSPS) is 34.3. The summed E-state index contributed by atoms with van der Waals surface area (Å²) in [7, 11) is 5.20. The number of esters is 1. The Kier molecular flexibility index (Phi) is 6.04. The molecule has 0 spiro atoms. The van der Waals surface area contributed by atoms with Crippen molar-refractivity contribution >= 4 is 30.6 Å². The van der Waals surface area contributed by atoms with E-state index in [0.717, 1.165) is 19.3 Å². The third-order valence-corrected chi connectivity index (χ3v) is 4.34. The lowest BCUT2D eigenvalue weighted by Crippen LogP contribution is -2.24. The molecule has 2 rings (SSSR count). The molecule has 7 heteroatoms. The lowest BCUT2D eigenvalue weighted by atomic mass is 9.91. The Morgan fingerprint density at radius 2 is 2.35 bits per heavy atom. The van der Waals surface area contributed by atoms with Crippen LogP contribution >= 0.6 is 18.2 Å². The quantitative estimate of drug-likeness (QED) is 0.351. The molecule has 2 aliphatic rings. The van der Waals surface area contributed by atoms with Gasteiger partial charge < -0.3 is 14.5 Å². The Hall–Kier alpha value is 0.0549. The van der Waals surface area contributed by atoms with Gasteiger partial charge in [0.15, 0.2) is 0 Å². The second-order valence-corrected chi connectivity index (χ2v) is 7.67. The highest BCUT2D eigenvalue weighted by Gasteiger charge is 2.49. The van der Waals surface area contributed by atoms with Crippen molar-refractivity contribution in [2.45, 2.75) is 50.9 Å². The summed E-state index contributed by atoms with van der Waals surface area (Å²) in [6.45, 7) is 2.05. The van der Waals surface area contributed by atoms with Crippen LogP contribution in [0.5, 0.6) is 0 Å². The van der Waals surface area contributed by atoms with Crippen molar-refractivity contribution in [1.82, 2.24) is 0 Å². The second-order valence-electron chi connectivity index (χ2n) is 5.59. The van der Waals surface area contributed by atoms with Crippen molar-refractivity contribution in [2.75, 3.05) is 0 Å². The molecule has 1 aliphatic heterocycles. The van der Waals surface area contributed by atoms with Crippen LogP contribution in [0.25, 0.3) is 0 Å². The fourth-order valence-corrected chi connectivity index (χ4v) is 3.56. The van der Waals surface area contributed by atoms with E-state index >= 15 is 0 Å². The molecule has 0 aromatic heterocycles. The summed E-state index contributed by atoms with van der Waals surface area (Å²) in [5.74, 6) is 0.215. The first-order chi connectivity index (χ1) is 9.51. The molecule has 1 heterocycles. The van der Waals surface area contributed by atoms with Gasteiger partial charge in [-0.05, 0) is 6.42 Å². The number of hydrogen-bond acceptors (Lipinski definition) is 4. The van der Waals surface area contributed by atoms with E-state index in [0.29, 0.717) is 6.42 Å². The van der Waals surface area contributed by atoms with E-state index in [4.69, 9.17) is 9.39 Å². The molecule has 112 valence electrons. The predicted octanol–water partition coefficient (Wildman–Crippen LogP) is 1.78.